The third-order valence-electron chi connectivity index (χ3n) is 7.66. The number of hydrogen-bond acceptors (Lipinski definition) is 3. The van der Waals surface area contributed by atoms with Crippen molar-refractivity contribution >= 4 is 11.6 Å². The van der Waals surface area contributed by atoms with Crippen LogP contribution in [0.1, 0.15) is 65.4 Å². The Morgan fingerprint density at radius 1 is 1.24 bits per heavy atom. The molecule has 0 heterocycles. The first-order chi connectivity index (χ1) is 13.7. The zero-order valence-electron chi connectivity index (χ0n) is 18.3. The van der Waals surface area contributed by atoms with E-state index in [-0.39, 0.29) is 23.1 Å². The Balaban J connectivity index is 1.84. The highest BCUT2D eigenvalue weighted by Gasteiger charge is 2.56. The van der Waals surface area contributed by atoms with Crippen LogP contribution < -0.4 is 5.32 Å². The molecule has 0 aliphatic heterocycles. The van der Waals surface area contributed by atoms with Crippen molar-refractivity contribution in [1.29, 1.82) is 0 Å². The number of halogens is 1. The zero-order chi connectivity index (χ0) is 21.2. The van der Waals surface area contributed by atoms with Crippen LogP contribution in [0.3, 0.4) is 0 Å². The summed E-state index contributed by atoms with van der Waals surface area (Å²) in [7, 11) is 1.60. The first-order valence-electron chi connectivity index (χ1n) is 10.8. The topological polar surface area (TPSA) is 53.8 Å². The van der Waals surface area contributed by atoms with Crippen molar-refractivity contribution in [2.75, 3.05) is 7.05 Å². The molecule has 1 aromatic carbocycles. The smallest absolute Gasteiger partial charge is 0.226 e. The number of amides is 1. The fraction of sp³-hybridized carbons (Fsp3) is 0.625. The average molecular weight is 400 g/mol. The third kappa shape index (κ3) is 4.01. The quantitative estimate of drug-likeness (QED) is 0.586. The van der Waals surface area contributed by atoms with Gasteiger partial charge in [0.25, 0.3) is 0 Å². The Morgan fingerprint density at radius 2 is 1.93 bits per heavy atom. The van der Waals surface area contributed by atoms with Gasteiger partial charge in [-0.25, -0.2) is 4.39 Å². The largest absolute Gasteiger partial charge is 0.353 e. The van der Waals surface area contributed by atoms with Crippen molar-refractivity contribution in [3.63, 3.8) is 0 Å². The SMILES string of the molecule is C/N=N\C(=C/C(C)[C@@H]1CCC(C)(C(=O)NC2CCC2)C1(C)C)c1ccccc1F. The number of hydrogen-bond donors (Lipinski definition) is 1. The zero-order valence-corrected chi connectivity index (χ0v) is 18.3. The molecule has 3 rings (SSSR count). The minimum Gasteiger partial charge on any atom is -0.353 e. The summed E-state index contributed by atoms with van der Waals surface area (Å²) < 4.78 is 14.3. The Morgan fingerprint density at radius 3 is 2.52 bits per heavy atom. The van der Waals surface area contributed by atoms with Gasteiger partial charge >= 0.3 is 0 Å². The van der Waals surface area contributed by atoms with Crippen molar-refractivity contribution < 1.29 is 9.18 Å². The fourth-order valence-electron chi connectivity index (χ4n) is 5.08. The van der Waals surface area contributed by atoms with Crippen molar-refractivity contribution in [3.05, 3.63) is 41.7 Å². The summed E-state index contributed by atoms with van der Waals surface area (Å²) in [6.45, 7) is 8.67. The summed E-state index contributed by atoms with van der Waals surface area (Å²) in [5, 5.41) is 11.4. The lowest BCUT2D eigenvalue weighted by Gasteiger charge is -2.43. The Bertz CT molecular complexity index is 812. The highest BCUT2D eigenvalue weighted by atomic mass is 19.1. The molecular weight excluding hydrogens is 365 g/mol. The molecule has 1 aromatic rings. The molecule has 1 N–H and O–H groups in total. The fourth-order valence-corrected chi connectivity index (χ4v) is 5.08. The number of azo groups is 1. The number of carbonyl (C=O) groups is 1. The van der Waals surface area contributed by atoms with Crippen molar-refractivity contribution in [1.82, 2.24) is 5.32 Å². The molecule has 1 amide bonds. The molecule has 158 valence electrons. The average Bonchev–Trinajstić information content (AvgIpc) is 2.88. The van der Waals surface area contributed by atoms with E-state index in [9.17, 15) is 9.18 Å². The second kappa shape index (κ2) is 8.37. The standard InChI is InChI=1S/C24H34FN3O/c1-16(15-21(28-26-5)18-11-6-7-12-20(18)25)19-13-14-24(4,23(19,2)3)22(29)27-17-9-8-10-17/h6-7,11-12,15-17,19H,8-10,13-14H2,1-5H3,(H,27,29)/b21-15-,28-26-/t16?,19-,24?/m0/s1. The Labute approximate surface area is 174 Å². The molecule has 5 heteroatoms. The van der Waals surface area contributed by atoms with E-state index in [1.165, 1.54) is 12.5 Å². The van der Waals surface area contributed by atoms with Crippen molar-refractivity contribution in [3.8, 4) is 0 Å². The number of rotatable bonds is 6. The van der Waals surface area contributed by atoms with Gasteiger partial charge in [0.05, 0.1) is 11.1 Å². The van der Waals surface area contributed by atoms with Crippen LogP contribution in [0.25, 0.3) is 5.70 Å². The monoisotopic (exact) mass is 399 g/mol. The molecule has 2 aliphatic rings. The van der Waals surface area contributed by atoms with Crippen LogP contribution in [0.15, 0.2) is 40.6 Å². The molecule has 2 aliphatic carbocycles. The number of nitrogens with one attached hydrogen (secondary N) is 1. The van der Waals surface area contributed by atoms with Gasteiger partial charge in [0, 0.05) is 18.7 Å². The van der Waals surface area contributed by atoms with E-state index >= 15 is 0 Å². The summed E-state index contributed by atoms with van der Waals surface area (Å²) in [6.07, 6.45) is 7.25. The Kier molecular flexibility index (Phi) is 6.25. The van der Waals surface area contributed by atoms with Crippen LogP contribution in [-0.2, 0) is 4.79 Å². The predicted octanol–water partition coefficient (Wildman–Crippen LogP) is 6.00. The van der Waals surface area contributed by atoms with Crippen LogP contribution in [0, 0.1) is 28.5 Å². The molecule has 2 saturated carbocycles. The number of allylic oxidation sites excluding steroid dienone is 1. The van der Waals surface area contributed by atoms with Crippen molar-refractivity contribution in [2.45, 2.75) is 65.8 Å². The molecule has 0 saturated heterocycles. The maximum atomic E-state index is 14.3. The highest BCUT2D eigenvalue weighted by molar-refractivity contribution is 5.84. The molecular formula is C24H34FN3O. The van der Waals surface area contributed by atoms with Gasteiger partial charge in [-0.3, -0.25) is 4.79 Å². The van der Waals surface area contributed by atoms with E-state index in [1.54, 1.807) is 19.2 Å². The normalized spacial score (nSPS) is 28.3. The van der Waals surface area contributed by atoms with Crippen LogP contribution in [-0.4, -0.2) is 19.0 Å². The highest BCUT2D eigenvalue weighted by Crippen LogP contribution is 2.58. The molecule has 0 radical (unpaired) electrons. The second-order valence-electron chi connectivity index (χ2n) is 9.49. The first kappa shape index (κ1) is 21.7. The lowest BCUT2D eigenvalue weighted by molar-refractivity contribution is -0.137. The second-order valence-corrected chi connectivity index (χ2v) is 9.49. The summed E-state index contributed by atoms with van der Waals surface area (Å²) >= 11 is 0. The number of benzene rings is 1. The van der Waals surface area contributed by atoms with Gasteiger partial charge in [-0.1, -0.05) is 45.9 Å². The lowest BCUT2D eigenvalue weighted by atomic mass is 9.62. The van der Waals surface area contributed by atoms with Gasteiger partial charge in [-0.15, -0.1) is 0 Å². The molecule has 3 atom stereocenters. The van der Waals surface area contributed by atoms with Crippen LogP contribution in [0.4, 0.5) is 4.39 Å². The molecule has 2 unspecified atom stereocenters. The molecule has 29 heavy (non-hydrogen) atoms. The van der Waals surface area contributed by atoms with E-state index in [4.69, 9.17) is 0 Å². The minimum absolute atomic E-state index is 0.142. The van der Waals surface area contributed by atoms with Crippen molar-refractivity contribution in [2.24, 2.45) is 32.9 Å². The van der Waals surface area contributed by atoms with Crippen LogP contribution in [0.5, 0.6) is 0 Å². The van der Waals surface area contributed by atoms with E-state index in [1.807, 2.05) is 12.1 Å². The maximum absolute atomic E-state index is 14.3. The summed E-state index contributed by atoms with van der Waals surface area (Å²) in [4.78, 5) is 13.1. The van der Waals surface area contributed by atoms with E-state index in [0.29, 0.717) is 23.2 Å². The van der Waals surface area contributed by atoms with Gasteiger partial charge in [0.2, 0.25) is 5.91 Å². The van der Waals surface area contributed by atoms with Gasteiger partial charge in [0.1, 0.15) is 5.82 Å². The van der Waals surface area contributed by atoms with E-state index < -0.39 is 5.41 Å². The predicted molar refractivity (Wildman–Crippen MR) is 115 cm³/mol. The molecule has 0 spiro atoms. The summed E-state index contributed by atoms with van der Waals surface area (Å²) in [5.41, 5.74) is 0.438. The summed E-state index contributed by atoms with van der Waals surface area (Å²) in [6, 6.07) is 7.02. The molecule has 0 aromatic heterocycles. The van der Waals surface area contributed by atoms with Gasteiger partial charge < -0.3 is 5.32 Å². The Hall–Kier alpha value is -2.04. The number of carbonyl (C=O) groups excluding carboxylic acids is 1. The van der Waals surface area contributed by atoms with Crippen LogP contribution in [0.2, 0.25) is 0 Å². The molecule has 4 nitrogen and oxygen atoms in total. The maximum Gasteiger partial charge on any atom is 0.226 e. The molecule has 2 fully saturated rings. The van der Waals surface area contributed by atoms with Gasteiger partial charge in [-0.2, -0.15) is 10.2 Å². The number of nitrogens with zero attached hydrogens (tertiary/aromatic N) is 2. The van der Waals surface area contributed by atoms with E-state index in [2.05, 4.69) is 43.2 Å². The van der Waals surface area contributed by atoms with Gasteiger partial charge in [-0.05, 0) is 61.5 Å². The molecule has 0 bridgehead atoms. The van der Waals surface area contributed by atoms with Crippen LogP contribution >= 0.6 is 0 Å². The van der Waals surface area contributed by atoms with E-state index in [0.717, 1.165) is 25.7 Å². The third-order valence-corrected chi connectivity index (χ3v) is 7.66. The van der Waals surface area contributed by atoms with Gasteiger partial charge in [0.15, 0.2) is 0 Å². The lowest BCUT2D eigenvalue weighted by Crippen LogP contribution is -2.51. The first-order valence-corrected chi connectivity index (χ1v) is 10.8. The summed E-state index contributed by atoms with van der Waals surface area (Å²) in [5.74, 6) is 0.333. The minimum atomic E-state index is -0.403.